The Morgan fingerprint density at radius 3 is 2.48 bits per heavy atom. The molecule has 1 aromatic heterocycles. The third kappa shape index (κ3) is 4.14. The summed E-state index contributed by atoms with van der Waals surface area (Å²) in [4.78, 5) is 28.8. The molecule has 0 aliphatic carbocycles. The van der Waals surface area contributed by atoms with Gasteiger partial charge in [-0.05, 0) is 42.8 Å². The van der Waals surface area contributed by atoms with Gasteiger partial charge in [0.05, 0.1) is 0 Å². The minimum Gasteiger partial charge on any atom is -0.323 e. The van der Waals surface area contributed by atoms with Crippen molar-refractivity contribution < 1.29 is 9.59 Å². The van der Waals surface area contributed by atoms with Gasteiger partial charge in [-0.3, -0.25) is 9.78 Å². The number of hydrogen-bond donors (Lipinski definition) is 1. The van der Waals surface area contributed by atoms with Gasteiger partial charge in [0.15, 0.2) is 5.78 Å². The normalized spacial score (nSPS) is 10.0. The first-order chi connectivity index (χ1) is 10.1. The van der Waals surface area contributed by atoms with Gasteiger partial charge in [-0.25, -0.2) is 4.79 Å². The number of nitrogens with one attached hydrogen (secondary N) is 1. The second kappa shape index (κ2) is 6.65. The number of ketones is 1. The van der Waals surface area contributed by atoms with E-state index >= 15 is 0 Å². The zero-order chi connectivity index (χ0) is 15.2. The van der Waals surface area contributed by atoms with Gasteiger partial charge in [0.25, 0.3) is 0 Å². The molecule has 5 nitrogen and oxygen atoms in total. The number of pyridine rings is 1. The summed E-state index contributed by atoms with van der Waals surface area (Å²) in [5, 5.41) is 2.78. The number of amides is 2. The number of rotatable bonds is 4. The summed E-state index contributed by atoms with van der Waals surface area (Å²) in [6.07, 6.45) is 3.42. The molecule has 21 heavy (non-hydrogen) atoms. The molecule has 0 atom stereocenters. The van der Waals surface area contributed by atoms with Gasteiger partial charge < -0.3 is 10.2 Å². The van der Waals surface area contributed by atoms with Crippen LogP contribution in [0.4, 0.5) is 10.5 Å². The van der Waals surface area contributed by atoms with E-state index in [2.05, 4.69) is 10.3 Å². The molecule has 0 aliphatic rings. The molecular formula is C16H17N3O2. The number of urea groups is 1. The van der Waals surface area contributed by atoms with E-state index in [4.69, 9.17) is 0 Å². The SMILES string of the molecule is CC(=O)c1ccc(NC(=O)N(C)Cc2cccnc2)cc1. The molecule has 0 saturated heterocycles. The van der Waals surface area contributed by atoms with E-state index in [9.17, 15) is 9.59 Å². The lowest BCUT2D eigenvalue weighted by Crippen LogP contribution is -2.30. The van der Waals surface area contributed by atoms with Crippen molar-refractivity contribution in [2.24, 2.45) is 0 Å². The van der Waals surface area contributed by atoms with Crippen LogP contribution in [0.1, 0.15) is 22.8 Å². The maximum absolute atomic E-state index is 12.1. The number of anilines is 1. The fourth-order valence-electron chi connectivity index (χ4n) is 1.84. The number of benzene rings is 1. The van der Waals surface area contributed by atoms with E-state index < -0.39 is 0 Å². The third-order valence-electron chi connectivity index (χ3n) is 3.03. The van der Waals surface area contributed by atoms with Crippen LogP contribution in [0.5, 0.6) is 0 Å². The smallest absolute Gasteiger partial charge is 0.321 e. The third-order valence-corrected chi connectivity index (χ3v) is 3.03. The number of hydrogen-bond acceptors (Lipinski definition) is 3. The van der Waals surface area contributed by atoms with Gasteiger partial charge in [-0.1, -0.05) is 6.07 Å². The molecule has 0 unspecified atom stereocenters. The number of carbonyl (C=O) groups is 2. The Hall–Kier alpha value is -2.69. The molecule has 2 rings (SSSR count). The first-order valence-corrected chi connectivity index (χ1v) is 6.58. The van der Waals surface area contributed by atoms with Gasteiger partial charge in [0.1, 0.15) is 0 Å². The molecule has 1 heterocycles. The second-order valence-electron chi connectivity index (χ2n) is 4.78. The van der Waals surface area contributed by atoms with Crippen LogP contribution in [0.15, 0.2) is 48.8 Å². The van der Waals surface area contributed by atoms with Crippen LogP contribution in [0, 0.1) is 0 Å². The van der Waals surface area contributed by atoms with Crippen molar-refractivity contribution in [1.82, 2.24) is 9.88 Å². The Kier molecular flexibility index (Phi) is 4.66. The Labute approximate surface area is 123 Å². The molecule has 2 aromatic rings. The molecule has 0 fully saturated rings. The van der Waals surface area contributed by atoms with E-state index in [-0.39, 0.29) is 11.8 Å². The van der Waals surface area contributed by atoms with Crippen LogP contribution < -0.4 is 5.32 Å². The first kappa shape index (κ1) is 14.7. The Morgan fingerprint density at radius 1 is 1.19 bits per heavy atom. The summed E-state index contributed by atoms with van der Waals surface area (Å²) in [7, 11) is 1.71. The molecule has 1 N–H and O–H groups in total. The largest absolute Gasteiger partial charge is 0.323 e. The van der Waals surface area contributed by atoms with Crippen molar-refractivity contribution in [3.05, 3.63) is 59.9 Å². The van der Waals surface area contributed by atoms with Gasteiger partial charge >= 0.3 is 6.03 Å². The number of Topliss-reactive ketones (excluding diaryl/α,β-unsaturated/α-hetero) is 1. The maximum atomic E-state index is 12.1. The highest BCUT2D eigenvalue weighted by Crippen LogP contribution is 2.11. The van der Waals surface area contributed by atoms with Crippen molar-refractivity contribution in [3.8, 4) is 0 Å². The van der Waals surface area contributed by atoms with E-state index in [1.54, 1.807) is 48.6 Å². The molecule has 5 heteroatoms. The second-order valence-corrected chi connectivity index (χ2v) is 4.78. The molecule has 108 valence electrons. The van der Waals surface area contributed by atoms with Crippen molar-refractivity contribution >= 4 is 17.5 Å². The molecule has 1 aromatic carbocycles. The predicted molar refractivity (Wildman–Crippen MR) is 81.2 cm³/mol. The highest BCUT2D eigenvalue weighted by Gasteiger charge is 2.09. The van der Waals surface area contributed by atoms with Crippen LogP contribution in [0.2, 0.25) is 0 Å². The van der Waals surface area contributed by atoms with Crippen LogP contribution in [0.3, 0.4) is 0 Å². The molecule has 0 saturated carbocycles. The fourth-order valence-corrected chi connectivity index (χ4v) is 1.84. The zero-order valence-electron chi connectivity index (χ0n) is 12.0. The van der Waals surface area contributed by atoms with Gasteiger partial charge in [0, 0.05) is 37.2 Å². The average Bonchev–Trinajstić information content (AvgIpc) is 2.48. The molecule has 0 radical (unpaired) electrons. The molecular weight excluding hydrogens is 266 g/mol. The Morgan fingerprint density at radius 2 is 1.90 bits per heavy atom. The first-order valence-electron chi connectivity index (χ1n) is 6.58. The minimum atomic E-state index is -0.213. The summed E-state index contributed by atoms with van der Waals surface area (Å²) < 4.78 is 0. The van der Waals surface area contributed by atoms with E-state index in [1.165, 1.54) is 6.92 Å². The summed E-state index contributed by atoms with van der Waals surface area (Å²) in [6, 6.07) is 10.4. The molecule has 0 aliphatic heterocycles. The standard InChI is InChI=1S/C16H17N3O2/c1-12(20)14-5-7-15(8-6-14)18-16(21)19(2)11-13-4-3-9-17-10-13/h3-10H,11H2,1-2H3,(H,18,21). The van der Waals surface area contributed by atoms with Crippen LogP contribution in [-0.2, 0) is 6.54 Å². The highest BCUT2D eigenvalue weighted by atomic mass is 16.2. The Bertz CT molecular complexity index is 624. The number of carbonyl (C=O) groups excluding carboxylic acids is 2. The van der Waals surface area contributed by atoms with E-state index in [1.807, 2.05) is 12.1 Å². The molecule has 0 spiro atoms. The lowest BCUT2D eigenvalue weighted by atomic mass is 10.1. The lowest BCUT2D eigenvalue weighted by Gasteiger charge is -2.18. The fraction of sp³-hybridized carbons (Fsp3) is 0.188. The average molecular weight is 283 g/mol. The zero-order valence-corrected chi connectivity index (χ0v) is 12.0. The van der Waals surface area contributed by atoms with Crippen molar-refractivity contribution in [2.45, 2.75) is 13.5 Å². The van der Waals surface area contributed by atoms with Gasteiger partial charge in [-0.2, -0.15) is 0 Å². The van der Waals surface area contributed by atoms with Gasteiger partial charge in [-0.15, -0.1) is 0 Å². The van der Waals surface area contributed by atoms with Crippen LogP contribution in [-0.4, -0.2) is 28.7 Å². The van der Waals surface area contributed by atoms with E-state index in [0.29, 0.717) is 17.8 Å². The molecule has 2 amide bonds. The van der Waals surface area contributed by atoms with Crippen molar-refractivity contribution in [1.29, 1.82) is 0 Å². The maximum Gasteiger partial charge on any atom is 0.321 e. The predicted octanol–water partition coefficient (Wildman–Crippen LogP) is 2.95. The topological polar surface area (TPSA) is 62.3 Å². The Balaban J connectivity index is 1.95. The van der Waals surface area contributed by atoms with Crippen LogP contribution >= 0.6 is 0 Å². The minimum absolute atomic E-state index is 0.00146. The van der Waals surface area contributed by atoms with Crippen LogP contribution in [0.25, 0.3) is 0 Å². The molecule has 0 bridgehead atoms. The summed E-state index contributed by atoms with van der Waals surface area (Å²) >= 11 is 0. The van der Waals surface area contributed by atoms with Crippen molar-refractivity contribution in [2.75, 3.05) is 12.4 Å². The summed E-state index contributed by atoms with van der Waals surface area (Å²) in [5.74, 6) is 0.00146. The van der Waals surface area contributed by atoms with Crippen molar-refractivity contribution in [3.63, 3.8) is 0 Å². The monoisotopic (exact) mass is 283 g/mol. The number of nitrogens with zero attached hydrogens (tertiary/aromatic N) is 2. The summed E-state index contributed by atoms with van der Waals surface area (Å²) in [5.41, 5.74) is 2.24. The summed E-state index contributed by atoms with van der Waals surface area (Å²) in [6.45, 7) is 1.99. The number of aromatic nitrogens is 1. The van der Waals surface area contributed by atoms with Gasteiger partial charge in [0.2, 0.25) is 0 Å². The highest BCUT2D eigenvalue weighted by molar-refractivity contribution is 5.95. The quantitative estimate of drug-likeness (QED) is 0.877. The lowest BCUT2D eigenvalue weighted by molar-refractivity contribution is 0.101. The van der Waals surface area contributed by atoms with E-state index in [0.717, 1.165) is 5.56 Å².